The summed E-state index contributed by atoms with van der Waals surface area (Å²) in [7, 11) is 5.37. The Bertz CT molecular complexity index is 1340. The molecule has 0 fully saturated rings. The SMILES string of the molecule is COc1cc(C)cc(Nc2nc3ccccc3nc2NSc2cccc(NC(=O)CN(C)C)c2)c1. The van der Waals surface area contributed by atoms with E-state index in [2.05, 4.69) is 15.4 Å². The Balaban J connectivity index is 1.57. The highest BCUT2D eigenvalue weighted by atomic mass is 32.2. The minimum atomic E-state index is -0.0643. The molecule has 0 atom stereocenters. The second-order valence-electron chi connectivity index (χ2n) is 8.29. The van der Waals surface area contributed by atoms with Crippen molar-refractivity contribution in [2.45, 2.75) is 11.8 Å². The minimum Gasteiger partial charge on any atom is -0.497 e. The summed E-state index contributed by atoms with van der Waals surface area (Å²) in [5, 5.41) is 6.30. The maximum Gasteiger partial charge on any atom is 0.238 e. The van der Waals surface area contributed by atoms with Gasteiger partial charge in [0.05, 0.1) is 24.7 Å². The van der Waals surface area contributed by atoms with Gasteiger partial charge in [0.25, 0.3) is 0 Å². The number of fused-ring (bicyclic) bond motifs is 1. The molecule has 0 spiro atoms. The number of para-hydroxylation sites is 2. The van der Waals surface area contributed by atoms with Crippen LogP contribution < -0.4 is 20.1 Å². The topological polar surface area (TPSA) is 91.4 Å². The van der Waals surface area contributed by atoms with Gasteiger partial charge >= 0.3 is 0 Å². The number of methoxy groups -OCH3 is 1. The molecule has 3 aromatic carbocycles. The molecule has 0 unspecified atom stereocenters. The Morgan fingerprint density at radius 1 is 0.943 bits per heavy atom. The van der Waals surface area contributed by atoms with Crippen LogP contribution in [0.3, 0.4) is 0 Å². The van der Waals surface area contributed by atoms with E-state index in [1.807, 2.05) is 92.6 Å². The fourth-order valence-electron chi connectivity index (χ4n) is 3.47. The molecule has 3 N–H and O–H groups in total. The molecule has 8 nitrogen and oxygen atoms in total. The van der Waals surface area contributed by atoms with Gasteiger partial charge in [0.2, 0.25) is 5.91 Å². The van der Waals surface area contributed by atoms with E-state index < -0.39 is 0 Å². The number of aryl methyl sites for hydroxylation is 1. The number of anilines is 4. The zero-order valence-corrected chi connectivity index (χ0v) is 20.9. The van der Waals surface area contributed by atoms with Gasteiger partial charge in [-0.2, -0.15) is 0 Å². The quantitative estimate of drug-likeness (QED) is 0.273. The largest absolute Gasteiger partial charge is 0.497 e. The van der Waals surface area contributed by atoms with Crippen molar-refractivity contribution in [3.63, 3.8) is 0 Å². The molecule has 1 aromatic heterocycles. The third-order valence-corrected chi connectivity index (χ3v) is 5.75. The smallest absolute Gasteiger partial charge is 0.238 e. The second kappa shape index (κ2) is 11.1. The lowest BCUT2D eigenvalue weighted by Crippen LogP contribution is -2.27. The molecule has 0 saturated heterocycles. The van der Waals surface area contributed by atoms with Crippen LogP contribution in [0, 0.1) is 6.92 Å². The van der Waals surface area contributed by atoms with Gasteiger partial charge in [-0.3, -0.25) is 4.79 Å². The summed E-state index contributed by atoms with van der Waals surface area (Å²) in [5.74, 6) is 1.89. The molecule has 4 rings (SSSR count). The van der Waals surface area contributed by atoms with Gasteiger partial charge in [-0.25, -0.2) is 9.97 Å². The zero-order chi connectivity index (χ0) is 24.8. The number of carbonyl (C=O) groups is 1. The van der Waals surface area contributed by atoms with Crippen LogP contribution in [0.5, 0.6) is 5.75 Å². The number of nitrogens with zero attached hydrogens (tertiary/aromatic N) is 3. The highest BCUT2D eigenvalue weighted by Gasteiger charge is 2.12. The van der Waals surface area contributed by atoms with E-state index in [1.165, 1.54) is 11.9 Å². The molecule has 35 heavy (non-hydrogen) atoms. The molecule has 0 aliphatic heterocycles. The molecular weight excluding hydrogens is 460 g/mol. The van der Waals surface area contributed by atoms with Crippen molar-refractivity contribution < 1.29 is 9.53 Å². The summed E-state index contributed by atoms with van der Waals surface area (Å²) in [5.41, 5.74) is 4.23. The third kappa shape index (κ3) is 6.62. The van der Waals surface area contributed by atoms with Gasteiger partial charge in [0.15, 0.2) is 11.6 Å². The number of likely N-dealkylation sites (N-methyl/N-ethyl adjacent to an activating group) is 1. The maximum atomic E-state index is 12.1. The number of rotatable bonds is 9. The number of amides is 1. The van der Waals surface area contributed by atoms with Crippen LogP contribution in [0.4, 0.5) is 23.0 Å². The molecule has 0 radical (unpaired) electrons. The molecule has 9 heteroatoms. The van der Waals surface area contributed by atoms with Gasteiger partial charge in [0, 0.05) is 22.3 Å². The third-order valence-electron chi connectivity index (χ3n) is 4.96. The summed E-state index contributed by atoms with van der Waals surface area (Å²) in [6.07, 6.45) is 0. The van der Waals surface area contributed by atoms with Gasteiger partial charge < -0.3 is 25.0 Å². The summed E-state index contributed by atoms with van der Waals surface area (Å²) in [4.78, 5) is 24.5. The Morgan fingerprint density at radius 2 is 1.69 bits per heavy atom. The normalized spacial score (nSPS) is 10.9. The summed E-state index contributed by atoms with van der Waals surface area (Å²) in [6.45, 7) is 2.33. The van der Waals surface area contributed by atoms with Crippen LogP contribution in [0.1, 0.15) is 5.56 Å². The Morgan fingerprint density at radius 3 is 2.40 bits per heavy atom. The monoisotopic (exact) mass is 488 g/mol. The predicted octanol–water partition coefficient (Wildman–Crippen LogP) is 5.31. The molecule has 1 heterocycles. The fraction of sp³-hybridized carbons (Fsp3) is 0.192. The van der Waals surface area contributed by atoms with E-state index in [9.17, 15) is 4.79 Å². The molecular formula is C26H28N6O2S. The molecule has 1 amide bonds. The van der Waals surface area contributed by atoms with Crippen molar-refractivity contribution in [3.05, 3.63) is 72.3 Å². The molecule has 4 aromatic rings. The average Bonchev–Trinajstić information content (AvgIpc) is 2.82. The molecule has 0 aliphatic carbocycles. The van der Waals surface area contributed by atoms with Gasteiger partial charge in [0.1, 0.15) is 5.75 Å². The molecule has 0 bridgehead atoms. The number of ether oxygens (including phenoxy) is 1. The van der Waals surface area contributed by atoms with Crippen LogP contribution in [0.25, 0.3) is 11.0 Å². The van der Waals surface area contributed by atoms with E-state index in [-0.39, 0.29) is 5.91 Å². The number of hydrogen-bond acceptors (Lipinski definition) is 8. The first-order chi connectivity index (χ1) is 16.9. The summed E-state index contributed by atoms with van der Waals surface area (Å²) in [6, 6.07) is 21.3. The van der Waals surface area contributed by atoms with Crippen LogP contribution in [0.2, 0.25) is 0 Å². The fourth-order valence-corrected chi connectivity index (χ4v) is 4.15. The zero-order valence-electron chi connectivity index (χ0n) is 20.1. The Labute approximate surface area is 209 Å². The summed E-state index contributed by atoms with van der Waals surface area (Å²) >= 11 is 1.39. The van der Waals surface area contributed by atoms with Crippen LogP contribution >= 0.6 is 11.9 Å². The number of aromatic nitrogens is 2. The number of nitrogens with one attached hydrogen (secondary N) is 3. The van der Waals surface area contributed by atoms with Gasteiger partial charge in [-0.05, 0) is 81.0 Å². The molecule has 180 valence electrons. The van der Waals surface area contributed by atoms with E-state index in [0.29, 0.717) is 18.2 Å². The lowest BCUT2D eigenvalue weighted by molar-refractivity contribution is -0.116. The first-order valence-electron chi connectivity index (χ1n) is 11.1. The first-order valence-corrected chi connectivity index (χ1v) is 11.9. The van der Waals surface area contributed by atoms with Crippen molar-refractivity contribution in [3.8, 4) is 5.75 Å². The average molecular weight is 489 g/mol. The first kappa shape index (κ1) is 24.3. The lowest BCUT2D eigenvalue weighted by Gasteiger charge is -2.14. The highest BCUT2D eigenvalue weighted by molar-refractivity contribution is 8.00. The van der Waals surface area contributed by atoms with Crippen molar-refractivity contribution in [1.29, 1.82) is 0 Å². The van der Waals surface area contributed by atoms with Crippen molar-refractivity contribution >= 4 is 51.9 Å². The van der Waals surface area contributed by atoms with E-state index in [1.54, 1.807) is 7.11 Å². The lowest BCUT2D eigenvalue weighted by atomic mass is 10.2. The van der Waals surface area contributed by atoms with Crippen LogP contribution in [-0.4, -0.2) is 48.5 Å². The van der Waals surface area contributed by atoms with Crippen molar-refractivity contribution in [1.82, 2.24) is 14.9 Å². The Hall–Kier alpha value is -3.82. The van der Waals surface area contributed by atoms with Gasteiger partial charge in [-0.1, -0.05) is 18.2 Å². The predicted molar refractivity (Wildman–Crippen MR) is 144 cm³/mol. The highest BCUT2D eigenvalue weighted by Crippen LogP contribution is 2.31. The molecule has 0 saturated carbocycles. The Kier molecular flexibility index (Phi) is 7.69. The number of hydrogen-bond donors (Lipinski definition) is 3. The number of benzene rings is 3. The molecule has 0 aliphatic rings. The van der Waals surface area contributed by atoms with Crippen molar-refractivity contribution in [2.24, 2.45) is 0 Å². The van der Waals surface area contributed by atoms with E-state index in [0.717, 1.165) is 38.6 Å². The van der Waals surface area contributed by atoms with Gasteiger partial charge in [-0.15, -0.1) is 0 Å². The standard InChI is InChI=1S/C26H28N6O2S/c1-17-12-19(14-20(13-17)34-4)28-25-26(30-23-11-6-5-10-22(23)29-25)31-35-21-9-7-8-18(15-21)27-24(33)16-32(2)3/h5-15H,16H2,1-4H3,(H,27,33)(H,28,29)(H,30,31). The van der Waals surface area contributed by atoms with E-state index in [4.69, 9.17) is 14.7 Å². The second-order valence-corrected chi connectivity index (χ2v) is 9.17. The minimum absolute atomic E-state index is 0.0643. The summed E-state index contributed by atoms with van der Waals surface area (Å²) < 4.78 is 8.74. The van der Waals surface area contributed by atoms with Crippen LogP contribution in [0.15, 0.2) is 71.6 Å². The van der Waals surface area contributed by atoms with E-state index >= 15 is 0 Å². The van der Waals surface area contributed by atoms with Crippen molar-refractivity contribution in [2.75, 3.05) is 43.1 Å². The maximum absolute atomic E-state index is 12.1. The number of carbonyl (C=O) groups excluding carboxylic acids is 1. The van der Waals surface area contributed by atoms with Crippen LogP contribution in [-0.2, 0) is 4.79 Å².